The first kappa shape index (κ1) is 18.1. The Morgan fingerprint density at radius 3 is 2.31 bits per heavy atom. The number of aromatic nitrogens is 2. The summed E-state index contributed by atoms with van der Waals surface area (Å²) in [6, 6.07) is 14.6. The summed E-state index contributed by atoms with van der Waals surface area (Å²) in [6.45, 7) is 6.79. The summed E-state index contributed by atoms with van der Waals surface area (Å²) in [5.74, 6) is 1.81. The van der Waals surface area contributed by atoms with Gasteiger partial charge in [0.2, 0.25) is 0 Å². The molecule has 3 N–H and O–H groups in total. The second kappa shape index (κ2) is 7.85. The highest BCUT2D eigenvalue weighted by Crippen LogP contribution is 2.34. The van der Waals surface area contributed by atoms with Gasteiger partial charge >= 0.3 is 0 Å². The van der Waals surface area contributed by atoms with Gasteiger partial charge in [0.1, 0.15) is 5.82 Å². The lowest BCUT2D eigenvalue weighted by Crippen LogP contribution is -2.44. The lowest BCUT2D eigenvalue weighted by molar-refractivity contribution is 0.122. The molecule has 1 aromatic carbocycles. The first-order chi connectivity index (χ1) is 14.3. The number of hydrogen-bond acceptors (Lipinski definition) is 7. The summed E-state index contributed by atoms with van der Waals surface area (Å²) in [7, 11) is 0. The van der Waals surface area contributed by atoms with E-state index in [0.29, 0.717) is 5.69 Å². The van der Waals surface area contributed by atoms with Crippen LogP contribution in [0.25, 0.3) is 22.2 Å². The monoisotopic (exact) mass is 390 g/mol. The number of nitrogen functional groups attached to an aromatic ring is 1. The van der Waals surface area contributed by atoms with Crippen molar-refractivity contribution in [2.75, 3.05) is 68.0 Å². The minimum Gasteiger partial charge on any atom is -0.396 e. The highest BCUT2D eigenvalue weighted by Gasteiger charge is 2.21. The SMILES string of the molecule is Nc1cc2cc(-c3ccccc3)c(N3CCOCC3)nc2nc1N1CCNCC1. The van der Waals surface area contributed by atoms with Gasteiger partial charge in [0.25, 0.3) is 0 Å². The normalized spacial score (nSPS) is 17.7. The molecule has 4 heterocycles. The van der Waals surface area contributed by atoms with Crippen LogP contribution in [-0.2, 0) is 4.74 Å². The van der Waals surface area contributed by atoms with Crippen LogP contribution in [0.15, 0.2) is 42.5 Å². The van der Waals surface area contributed by atoms with Crippen molar-refractivity contribution >= 4 is 28.4 Å². The maximum atomic E-state index is 6.41. The number of nitrogens with zero attached hydrogens (tertiary/aromatic N) is 4. The molecule has 2 aromatic heterocycles. The van der Waals surface area contributed by atoms with Gasteiger partial charge in [-0.25, -0.2) is 9.97 Å². The number of hydrogen-bond donors (Lipinski definition) is 2. The van der Waals surface area contributed by atoms with E-state index in [-0.39, 0.29) is 0 Å². The van der Waals surface area contributed by atoms with E-state index < -0.39 is 0 Å². The molecule has 150 valence electrons. The Morgan fingerprint density at radius 2 is 1.55 bits per heavy atom. The maximum absolute atomic E-state index is 6.41. The van der Waals surface area contributed by atoms with Crippen molar-refractivity contribution in [1.82, 2.24) is 15.3 Å². The Labute approximate surface area is 170 Å². The fourth-order valence-electron chi connectivity index (χ4n) is 4.08. The highest BCUT2D eigenvalue weighted by molar-refractivity contribution is 5.91. The van der Waals surface area contributed by atoms with E-state index in [2.05, 4.69) is 45.4 Å². The molecule has 0 amide bonds. The number of ether oxygens (including phenoxy) is 1. The minimum absolute atomic E-state index is 0.708. The van der Waals surface area contributed by atoms with Crippen LogP contribution in [0.3, 0.4) is 0 Å². The van der Waals surface area contributed by atoms with Crippen LogP contribution < -0.4 is 20.9 Å². The fourth-order valence-corrected chi connectivity index (χ4v) is 4.08. The quantitative estimate of drug-likeness (QED) is 0.709. The van der Waals surface area contributed by atoms with Crippen molar-refractivity contribution < 1.29 is 4.74 Å². The molecule has 2 aliphatic heterocycles. The van der Waals surface area contributed by atoms with Crippen molar-refractivity contribution in [1.29, 1.82) is 0 Å². The number of piperazine rings is 1. The fraction of sp³-hybridized carbons (Fsp3) is 0.364. The van der Waals surface area contributed by atoms with E-state index in [4.69, 9.17) is 20.4 Å². The number of rotatable bonds is 3. The number of nitrogens with one attached hydrogen (secondary N) is 1. The predicted octanol–water partition coefficient (Wildman–Crippen LogP) is 2.13. The predicted molar refractivity (Wildman–Crippen MR) is 118 cm³/mol. The van der Waals surface area contributed by atoms with E-state index in [9.17, 15) is 0 Å². The second-order valence-electron chi connectivity index (χ2n) is 7.51. The Bertz CT molecular complexity index is 997. The van der Waals surface area contributed by atoms with E-state index >= 15 is 0 Å². The molecule has 2 aliphatic rings. The summed E-state index contributed by atoms with van der Waals surface area (Å²) in [5, 5.41) is 4.34. The summed E-state index contributed by atoms with van der Waals surface area (Å²) < 4.78 is 5.55. The topological polar surface area (TPSA) is 79.5 Å². The molecule has 0 aliphatic carbocycles. The van der Waals surface area contributed by atoms with Crippen molar-refractivity contribution in [2.24, 2.45) is 0 Å². The molecule has 2 saturated heterocycles. The van der Waals surface area contributed by atoms with Gasteiger partial charge in [-0.2, -0.15) is 0 Å². The third kappa shape index (κ3) is 3.59. The maximum Gasteiger partial charge on any atom is 0.164 e. The van der Waals surface area contributed by atoms with E-state index in [1.165, 1.54) is 0 Å². The average Bonchev–Trinajstić information content (AvgIpc) is 2.79. The Kier molecular flexibility index (Phi) is 4.91. The molecular formula is C22H26N6O. The number of benzene rings is 1. The van der Waals surface area contributed by atoms with Crippen LogP contribution in [0, 0.1) is 0 Å². The molecule has 29 heavy (non-hydrogen) atoms. The third-order valence-electron chi connectivity index (χ3n) is 5.60. The van der Waals surface area contributed by atoms with Gasteiger partial charge in [0.15, 0.2) is 11.5 Å². The molecule has 0 radical (unpaired) electrons. The average molecular weight is 390 g/mol. The van der Waals surface area contributed by atoms with Crippen LogP contribution in [0.2, 0.25) is 0 Å². The minimum atomic E-state index is 0.708. The van der Waals surface area contributed by atoms with E-state index in [0.717, 1.165) is 86.3 Å². The zero-order chi connectivity index (χ0) is 19.6. The van der Waals surface area contributed by atoms with E-state index in [1.54, 1.807) is 0 Å². The third-order valence-corrected chi connectivity index (χ3v) is 5.60. The Balaban J connectivity index is 1.65. The number of anilines is 3. The summed E-state index contributed by atoms with van der Waals surface area (Å²) >= 11 is 0. The molecule has 0 unspecified atom stereocenters. The van der Waals surface area contributed by atoms with Crippen LogP contribution in [0.1, 0.15) is 0 Å². The van der Waals surface area contributed by atoms with Gasteiger partial charge in [-0.1, -0.05) is 30.3 Å². The molecule has 7 nitrogen and oxygen atoms in total. The largest absolute Gasteiger partial charge is 0.396 e. The number of nitrogens with two attached hydrogens (primary N) is 1. The number of fused-ring (bicyclic) bond motifs is 1. The van der Waals surface area contributed by atoms with Crippen molar-refractivity contribution in [3.05, 3.63) is 42.5 Å². The Morgan fingerprint density at radius 1 is 0.862 bits per heavy atom. The molecule has 3 aromatic rings. The zero-order valence-corrected chi connectivity index (χ0v) is 16.5. The lowest BCUT2D eigenvalue weighted by atomic mass is 10.0. The first-order valence-corrected chi connectivity index (χ1v) is 10.2. The van der Waals surface area contributed by atoms with Crippen LogP contribution in [0.4, 0.5) is 17.3 Å². The molecular weight excluding hydrogens is 364 g/mol. The zero-order valence-electron chi connectivity index (χ0n) is 16.5. The van der Waals surface area contributed by atoms with Crippen molar-refractivity contribution in [2.45, 2.75) is 0 Å². The summed E-state index contributed by atoms with van der Waals surface area (Å²) in [6.07, 6.45) is 0. The van der Waals surface area contributed by atoms with Gasteiger partial charge in [-0.05, 0) is 17.7 Å². The smallest absolute Gasteiger partial charge is 0.164 e. The van der Waals surface area contributed by atoms with Crippen LogP contribution >= 0.6 is 0 Å². The Hall–Kier alpha value is -2.90. The van der Waals surface area contributed by atoms with Crippen LogP contribution in [-0.4, -0.2) is 62.5 Å². The van der Waals surface area contributed by atoms with Gasteiger partial charge in [0, 0.05) is 50.2 Å². The molecule has 7 heteroatoms. The molecule has 0 bridgehead atoms. The van der Waals surface area contributed by atoms with E-state index in [1.807, 2.05) is 12.1 Å². The van der Waals surface area contributed by atoms with Gasteiger partial charge in [-0.3, -0.25) is 0 Å². The standard InChI is InChI=1S/C22H26N6O/c23-19-15-17-14-18(16-4-2-1-3-5-16)21(28-10-12-29-13-11-28)25-20(17)26-22(19)27-8-6-24-7-9-27/h1-5,14-15,24H,6-13,23H2. The second-order valence-corrected chi connectivity index (χ2v) is 7.51. The summed E-state index contributed by atoms with van der Waals surface area (Å²) in [5.41, 5.74) is 10.1. The molecule has 0 saturated carbocycles. The van der Waals surface area contributed by atoms with Crippen molar-refractivity contribution in [3.8, 4) is 11.1 Å². The van der Waals surface area contributed by atoms with Gasteiger partial charge < -0.3 is 25.6 Å². The van der Waals surface area contributed by atoms with Gasteiger partial charge in [-0.15, -0.1) is 0 Å². The molecule has 0 spiro atoms. The number of pyridine rings is 2. The molecule has 0 atom stereocenters. The summed E-state index contributed by atoms with van der Waals surface area (Å²) in [4.78, 5) is 14.5. The molecule has 5 rings (SSSR count). The number of morpholine rings is 1. The lowest BCUT2D eigenvalue weighted by Gasteiger charge is -2.31. The van der Waals surface area contributed by atoms with Crippen LogP contribution in [0.5, 0.6) is 0 Å². The first-order valence-electron chi connectivity index (χ1n) is 10.2. The van der Waals surface area contributed by atoms with Crippen molar-refractivity contribution in [3.63, 3.8) is 0 Å². The van der Waals surface area contributed by atoms with Gasteiger partial charge in [0.05, 0.1) is 18.9 Å². The molecule has 2 fully saturated rings. The highest BCUT2D eigenvalue weighted by atomic mass is 16.5.